The molecule has 1 fully saturated rings. The number of primary amides is 1. The molecule has 3 atom stereocenters. The third-order valence-corrected chi connectivity index (χ3v) is 6.02. The van der Waals surface area contributed by atoms with Gasteiger partial charge in [-0.2, -0.15) is 0 Å². The number of aryl methyl sites for hydroxylation is 1. The Morgan fingerprint density at radius 2 is 2.14 bits per heavy atom. The summed E-state index contributed by atoms with van der Waals surface area (Å²) in [7, 11) is 1.60. The predicted octanol–water partition coefficient (Wildman–Crippen LogP) is 1.68. The number of amides is 1. The number of ether oxygens (including phenoxy) is 2. The number of rotatable bonds is 5. The van der Waals surface area contributed by atoms with Crippen LogP contribution in [0.5, 0.6) is 11.5 Å². The SMILES string of the molecule is COc1cc2c(cc1OCC(N)=O)CCN1CC(c3cc(C)ccn3)C(N)CC21. The van der Waals surface area contributed by atoms with Crippen LogP contribution in [0.25, 0.3) is 0 Å². The zero-order chi connectivity index (χ0) is 20.5. The van der Waals surface area contributed by atoms with Gasteiger partial charge in [0, 0.05) is 43.0 Å². The van der Waals surface area contributed by atoms with Crippen LogP contribution >= 0.6 is 0 Å². The third kappa shape index (κ3) is 3.93. The maximum Gasteiger partial charge on any atom is 0.255 e. The summed E-state index contributed by atoms with van der Waals surface area (Å²) in [5.41, 5.74) is 16.6. The molecule has 0 radical (unpaired) electrons. The molecule has 4 rings (SSSR count). The van der Waals surface area contributed by atoms with Crippen molar-refractivity contribution in [2.45, 2.75) is 37.8 Å². The van der Waals surface area contributed by atoms with Gasteiger partial charge in [-0.05, 0) is 60.7 Å². The Hall–Kier alpha value is -2.64. The first-order valence-corrected chi connectivity index (χ1v) is 10.0. The predicted molar refractivity (Wildman–Crippen MR) is 110 cm³/mol. The van der Waals surface area contributed by atoms with E-state index >= 15 is 0 Å². The van der Waals surface area contributed by atoms with Crippen molar-refractivity contribution in [1.29, 1.82) is 0 Å². The summed E-state index contributed by atoms with van der Waals surface area (Å²) < 4.78 is 11.1. The highest BCUT2D eigenvalue weighted by Gasteiger charge is 2.39. The third-order valence-electron chi connectivity index (χ3n) is 6.02. The van der Waals surface area contributed by atoms with Crippen molar-refractivity contribution in [3.8, 4) is 11.5 Å². The first-order valence-electron chi connectivity index (χ1n) is 10.0. The van der Waals surface area contributed by atoms with Crippen LogP contribution in [0.2, 0.25) is 0 Å². The number of methoxy groups -OCH3 is 1. The zero-order valence-corrected chi connectivity index (χ0v) is 16.9. The van der Waals surface area contributed by atoms with Crippen molar-refractivity contribution in [2.24, 2.45) is 11.5 Å². The summed E-state index contributed by atoms with van der Waals surface area (Å²) in [6.07, 6.45) is 3.64. The summed E-state index contributed by atoms with van der Waals surface area (Å²) in [5, 5.41) is 0. The number of aromatic nitrogens is 1. The fourth-order valence-electron chi connectivity index (χ4n) is 4.56. The minimum Gasteiger partial charge on any atom is -0.493 e. The fourth-order valence-corrected chi connectivity index (χ4v) is 4.56. The van der Waals surface area contributed by atoms with Crippen LogP contribution in [-0.4, -0.2) is 48.6 Å². The summed E-state index contributed by atoms with van der Waals surface area (Å²) >= 11 is 0. The first-order chi connectivity index (χ1) is 14.0. The van der Waals surface area contributed by atoms with E-state index in [-0.39, 0.29) is 24.6 Å². The maximum atomic E-state index is 11.1. The Morgan fingerprint density at radius 3 is 2.86 bits per heavy atom. The molecule has 2 aliphatic heterocycles. The average Bonchev–Trinajstić information content (AvgIpc) is 2.71. The number of carbonyl (C=O) groups is 1. The summed E-state index contributed by atoms with van der Waals surface area (Å²) in [6.45, 7) is 3.77. The van der Waals surface area contributed by atoms with Crippen LogP contribution in [0.4, 0.5) is 0 Å². The van der Waals surface area contributed by atoms with Crippen molar-refractivity contribution in [2.75, 3.05) is 26.8 Å². The smallest absolute Gasteiger partial charge is 0.255 e. The quantitative estimate of drug-likeness (QED) is 0.797. The molecule has 0 saturated carbocycles. The van der Waals surface area contributed by atoms with Crippen LogP contribution in [0, 0.1) is 6.92 Å². The van der Waals surface area contributed by atoms with E-state index in [1.165, 1.54) is 16.7 Å². The highest BCUT2D eigenvalue weighted by atomic mass is 16.5. The molecule has 7 heteroatoms. The fraction of sp³-hybridized carbons (Fsp3) is 0.455. The lowest BCUT2D eigenvalue weighted by Crippen LogP contribution is -2.50. The van der Waals surface area contributed by atoms with Gasteiger partial charge in [0.1, 0.15) is 0 Å². The van der Waals surface area contributed by atoms with Gasteiger partial charge in [-0.3, -0.25) is 14.7 Å². The summed E-state index contributed by atoms with van der Waals surface area (Å²) in [4.78, 5) is 18.2. The van der Waals surface area contributed by atoms with Gasteiger partial charge < -0.3 is 20.9 Å². The van der Waals surface area contributed by atoms with Gasteiger partial charge in [0.05, 0.1) is 7.11 Å². The first kappa shape index (κ1) is 19.7. The molecule has 0 spiro atoms. The molecule has 1 saturated heterocycles. The molecule has 1 aromatic heterocycles. The molecular formula is C22H28N4O3. The molecule has 3 unspecified atom stereocenters. The Kier molecular flexibility index (Phi) is 5.43. The second-order valence-electron chi connectivity index (χ2n) is 7.98. The van der Waals surface area contributed by atoms with Crippen LogP contribution in [-0.2, 0) is 11.2 Å². The summed E-state index contributed by atoms with van der Waals surface area (Å²) in [6, 6.07) is 8.45. The number of benzene rings is 1. The van der Waals surface area contributed by atoms with Crippen molar-refractivity contribution in [3.05, 3.63) is 52.8 Å². The van der Waals surface area contributed by atoms with E-state index in [1.807, 2.05) is 24.4 Å². The number of piperidine rings is 1. The molecular weight excluding hydrogens is 368 g/mol. The lowest BCUT2D eigenvalue weighted by Gasteiger charge is -2.46. The zero-order valence-electron chi connectivity index (χ0n) is 16.9. The number of hydrogen-bond donors (Lipinski definition) is 2. The Morgan fingerprint density at radius 1 is 1.31 bits per heavy atom. The minimum absolute atomic E-state index is 0.0354. The molecule has 0 aliphatic carbocycles. The molecule has 2 aromatic rings. The van der Waals surface area contributed by atoms with Crippen LogP contribution < -0.4 is 20.9 Å². The van der Waals surface area contributed by atoms with Gasteiger partial charge >= 0.3 is 0 Å². The molecule has 1 aromatic carbocycles. The van der Waals surface area contributed by atoms with Gasteiger partial charge in [0.15, 0.2) is 18.1 Å². The largest absolute Gasteiger partial charge is 0.493 e. The van der Waals surface area contributed by atoms with E-state index < -0.39 is 5.91 Å². The van der Waals surface area contributed by atoms with E-state index in [0.29, 0.717) is 11.5 Å². The molecule has 4 N–H and O–H groups in total. The molecule has 1 amide bonds. The van der Waals surface area contributed by atoms with Crippen LogP contribution in [0.15, 0.2) is 30.5 Å². The minimum atomic E-state index is -0.509. The van der Waals surface area contributed by atoms with E-state index in [0.717, 1.165) is 31.6 Å². The standard InChI is InChI=1S/C22H28N4O3/c1-13-3-5-25-18(7-13)16-11-26-6-4-14-8-21(29-12-22(24)27)20(28-2)9-15(14)19(26)10-17(16)23/h3,5,7-9,16-17,19H,4,6,10-12,23H2,1-2H3,(H2,24,27). The summed E-state index contributed by atoms with van der Waals surface area (Å²) in [5.74, 6) is 0.890. The Labute approximate surface area is 171 Å². The van der Waals surface area contributed by atoms with Crippen LogP contribution in [0.1, 0.15) is 40.8 Å². The Balaban J connectivity index is 1.60. The molecule has 3 heterocycles. The van der Waals surface area contributed by atoms with Gasteiger partial charge in [-0.15, -0.1) is 0 Å². The van der Waals surface area contributed by atoms with Gasteiger partial charge in [-0.25, -0.2) is 0 Å². The normalized spacial score (nSPS) is 23.8. The number of nitrogens with two attached hydrogens (primary N) is 2. The average molecular weight is 396 g/mol. The second-order valence-corrected chi connectivity index (χ2v) is 7.98. The van der Waals surface area contributed by atoms with Crippen molar-refractivity contribution in [1.82, 2.24) is 9.88 Å². The molecule has 154 valence electrons. The Bertz CT molecular complexity index is 917. The van der Waals surface area contributed by atoms with Crippen molar-refractivity contribution in [3.63, 3.8) is 0 Å². The van der Waals surface area contributed by atoms with Crippen molar-refractivity contribution < 1.29 is 14.3 Å². The van der Waals surface area contributed by atoms with E-state index in [2.05, 4.69) is 22.9 Å². The van der Waals surface area contributed by atoms with Gasteiger partial charge in [-0.1, -0.05) is 0 Å². The highest BCUT2D eigenvalue weighted by molar-refractivity contribution is 5.75. The van der Waals surface area contributed by atoms with E-state index in [4.69, 9.17) is 20.9 Å². The van der Waals surface area contributed by atoms with Crippen molar-refractivity contribution >= 4 is 5.91 Å². The van der Waals surface area contributed by atoms with E-state index in [1.54, 1.807) is 7.11 Å². The lowest BCUT2D eigenvalue weighted by molar-refractivity contribution is -0.119. The number of fused-ring (bicyclic) bond motifs is 3. The van der Waals surface area contributed by atoms with Crippen LogP contribution in [0.3, 0.4) is 0 Å². The lowest BCUT2D eigenvalue weighted by atomic mass is 9.79. The van der Waals surface area contributed by atoms with Gasteiger partial charge in [0.25, 0.3) is 5.91 Å². The van der Waals surface area contributed by atoms with Gasteiger partial charge in [0.2, 0.25) is 0 Å². The molecule has 7 nitrogen and oxygen atoms in total. The topological polar surface area (TPSA) is 104 Å². The number of carbonyl (C=O) groups excluding carboxylic acids is 1. The molecule has 2 aliphatic rings. The number of hydrogen-bond acceptors (Lipinski definition) is 6. The highest BCUT2D eigenvalue weighted by Crippen LogP contribution is 2.44. The second kappa shape index (κ2) is 8.00. The molecule has 29 heavy (non-hydrogen) atoms. The number of pyridine rings is 1. The van der Waals surface area contributed by atoms with E-state index in [9.17, 15) is 4.79 Å². The number of nitrogens with zero attached hydrogens (tertiary/aromatic N) is 2. The monoisotopic (exact) mass is 396 g/mol. The molecule has 0 bridgehead atoms. The maximum absolute atomic E-state index is 11.1.